The monoisotopic (exact) mass is 346 g/mol. The molecule has 8 heteroatoms. The van der Waals surface area contributed by atoms with Crippen molar-refractivity contribution in [3.63, 3.8) is 0 Å². The van der Waals surface area contributed by atoms with Gasteiger partial charge in [0.15, 0.2) is 8.68 Å². The van der Waals surface area contributed by atoms with Crippen molar-refractivity contribution >= 4 is 33.0 Å². The number of rotatable bonds is 6. The van der Waals surface area contributed by atoms with Gasteiger partial charge in [-0.15, -0.1) is 0 Å². The Labute approximate surface area is 132 Å². The first kappa shape index (κ1) is 16.4. The quantitative estimate of drug-likeness (QED) is 0.871. The van der Waals surface area contributed by atoms with Crippen LogP contribution in [0.25, 0.3) is 0 Å². The van der Waals surface area contributed by atoms with Gasteiger partial charge in [-0.1, -0.05) is 53.3 Å². The van der Waals surface area contributed by atoms with Crippen LogP contribution in [0.1, 0.15) is 11.3 Å². The van der Waals surface area contributed by atoms with Crippen molar-refractivity contribution in [2.45, 2.75) is 17.7 Å². The second-order valence-corrected chi connectivity index (χ2v) is 8.10. The molecule has 1 aromatic carbocycles. The van der Waals surface area contributed by atoms with Crippen LogP contribution in [-0.2, 0) is 16.6 Å². The Balaban J connectivity index is 2.35. The summed E-state index contributed by atoms with van der Waals surface area (Å²) in [6, 6.07) is 9.22. The number of aliphatic hydroxyl groups excluding tert-OH is 1. The molecular formula is C13H15ClN2O3S2. The van der Waals surface area contributed by atoms with Gasteiger partial charge >= 0.3 is 0 Å². The molecule has 0 spiro atoms. The average molecular weight is 347 g/mol. The Morgan fingerprint density at radius 2 is 2.00 bits per heavy atom. The Morgan fingerprint density at radius 1 is 1.33 bits per heavy atom. The molecule has 0 saturated heterocycles. The molecule has 1 aromatic heterocycles. The lowest BCUT2D eigenvalue weighted by Crippen LogP contribution is -2.33. The minimum Gasteiger partial charge on any atom is -0.395 e. The summed E-state index contributed by atoms with van der Waals surface area (Å²) in [6.07, 6.45) is 0. The molecule has 0 aliphatic rings. The number of nitrogens with zero attached hydrogens (tertiary/aromatic N) is 2. The van der Waals surface area contributed by atoms with E-state index in [1.54, 1.807) is 6.92 Å². The van der Waals surface area contributed by atoms with E-state index in [0.717, 1.165) is 16.9 Å². The molecule has 0 fully saturated rings. The molecule has 0 aliphatic carbocycles. The number of thiazole rings is 1. The standard InChI is InChI=1S/C13H15ClN2O3S2/c1-10-12(20-13(14)15-10)21(18,19)16(7-8-17)9-11-5-3-2-4-6-11/h2-6,17H,7-9H2,1H3. The minimum absolute atomic E-state index is 0.0200. The van der Waals surface area contributed by atoms with Crippen molar-refractivity contribution in [2.24, 2.45) is 0 Å². The predicted molar refractivity (Wildman–Crippen MR) is 83.0 cm³/mol. The zero-order valence-corrected chi connectivity index (χ0v) is 13.7. The number of aryl methyl sites for hydroxylation is 1. The highest BCUT2D eigenvalue weighted by Gasteiger charge is 2.28. The summed E-state index contributed by atoms with van der Waals surface area (Å²) >= 11 is 6.72. The fraction of sp³-hybridized carbons (Fsp3) is 0.308. The van der Waals surface area contributed by atoms with Crippen molar-refractivity contribution in [1.82, 2.24) is 9.29 Å². The fourth-order valence-corrected chi connectivity index (χ4v) is 5.18. The van der Waals surface area contributed by atoms with Gasteiger partial charge in [-0.25, -0.2) is 13.4 Å². The van der Waals surface area contributed by atoms with Crippen LogP contribution in [0.15, 0.2) is 34.5 Å². The Morgan fingerprint density at radius 3 is 2.52 bits per heavy atom. The second-order valence-electron chi connectivity index (χ2n) is 4.39. The third kappa shape index (κ3) is 3.81. The first-order valence-electron chi connectivity index (χ1n) is 6.23. The third-order valence-electron chi connectivity index (χ3n) is 2.85. The van der Waals surface area contributed by atoms with E-state index in [1.165, 1.54) is 4.31 Å². The lowest BCUT2D eigenvalue weighted by atomic mass is 10.2. The largest absolute Gasteiger partial charge is 0.395 e. The van der Waals surface area contributed by atoms with Crippen LogP contribution in [-0.4, -0.2) is 36.0 Å². The molecule has 0 bridgehead atoms. The molecule has 1 heterocycles. The molecule has 0 aliphatic heterocycles. The van der Waals surface area contributed by atoms with E-state index in [4.69, 9.17) is 16.7 Å². The van der Waals surface area contributed by atoms with Crippen molar-refractivity contribution in [1.29, 1.82) is 0 Å². The van der Waals surface area contributed by atoms with E-state index in [2.05, 4.69) is 4.98 Å². The fourth-order valence-electron chi connectivity index (χ4n) is 1.89. The van der Waals surface area contributed by atoms with Crippen LogP contribution in [0.5, 0.6) is 0 Å². The van der Waals surface area contributed by atoms with E-state index in [0.29, 0.717) is 5.69 Å². The third-order valence-corrected chi connectivity index (χ3v) is 6.55. The molecule has 0 saturated carbocycles. The van der Waals surface area contributed by atoms with Crippen molar-refractivity contribution < 1.29 is 13.5 Å². The van der Waals surface area contributed by atoms with Gasteiger partial charge in [0.05, 0.1) is 12.3 Å². The molecular weight excluding hydrogens is 332 g/mol. The van der Waals surface area contributed by atoms with Crippen LogP contribution < -0.4 is 0 Å². The lowest BCUT2D eigenvalue weighted by Gasteiger charge is -2.20. The van der Waals surface area contributed by atoms with Crippen LogP contribution >= 0.6 is 22.9 Å². The highest BCUT2D eigenvalue weighted by atomic mass is 35.5. The van der Waals surface area contributed by atoms with E-state index in [9.17, 15) is 8.42 Å². The number of benzene rings is 1. The van der Waals surface area contributed by atoms with E-state index >= 15 is 0 Å². The maximum absolute atomic E-state index is 12.7. The summed E-state index contributed by atoms with van der Waals surface area (Å²) < 4.78 is 26.9. The van der Waals surface area contributed by atoms with Crippen molar-refractivity contribution in [3.05, 3.63) is 46.1 Å². The number of hydrogen-bond donors (Lipinski definition) is 1. The van der Waals surface area contributed by atoms with Crippen molar-refractivity contribution in [2.75, 3.05) is 13.2 Å². The van der Waals surface area contributed by atoms with Gasteiger partial charge in [0.2, 0.25) is 0 Å². The van der Waals surface area contributed by atoms with Crippen molar-refractivity contribution in [3.8, 4) is 0 Å². The van der Waals surface area contributed by atoms with Gasteiger partial charge in [0, 0.05) is 13.1 Å². The zero-order chi connectivity index (χ0) is 15.5. The Kier molecular flexibility index (Phi) is 5.34. The van der Waals surface area contributed by atoms with Gasteiger partial charge in [-0.05, 0) is 12.5 Å². The van der Waals surface area contributed by atoms with Gasteiger partial charge in [0.1, 0.15) is 0 Å². The molecule has 2 rings (SSSR count). The minimum atomic E-state index is -3.73. The van der Waals surface area contributed by atoms with Gasteiger partial charge in [-0.2, -0.15) is 4.31 Å². The summed E-state index contributed by atoms with van der Waals surface area (Å²) in [4.78, 5) is 3.94. The first-order chi connectivity index (χ1) is 9.95. The maximum atomic E-state index is 12.7. The van der Waals surface area contributed by atoms with Gasteiger partial charge in [0.25, 0.3) is 10.0 Å². The molecule has 0 amide bonds. The van der Waals surface area contributed by atoms with Crippen LogP contribution in [0.2, 0.25) is 4.47 Å². The first-order valence-corrected chi connectivity index (χ1v) is 8.86. The smallest absolute Gasteiger partial charge is 0.254 e. The summed E-state index contributed by atoms with van der Waals surface area (Å²) in [5, 5.41) is 9.16. The number of halogens is 1. The van der Waals surface area contributed by atoms with Crippen LogP contribution in [0.4, 0.5) is 0 Å². The number of aromatic nitrogens is 1. The van der Waals surface area contributed by atoms with E-state index in [-0.39, 0.29) is 28.4 Å². The number of aliphatic hydroxyl groups is 1. The summed E-state index contributed by atoms with van der Waals surface area (Å²) in [7, 11) is -3.73. The van der Waals surface area contributed by atoms with Gasteiger partial charge < -0.3 is 5.11 Å². The second kappa shape index (κ2) is 6.85. The molecule has 2 aromatic rings. The topological polar surface area (TPSA) is 70.5 Å². The highest BCUT2D eigenvalue weighted by Crippen LogP contribution is 2.30. The molecule has 1 N–H and O–H groups in total. The Bertz CT molecular complexity index is 701. The Hall–Kier alpha value is -0.990. The number of sulfonamides is 1. The van der Waals surface area contributed by atoms with Gasteiger partial charge in [-0.3, -0.25) is 0 Å². The van der Waals surface area contributed by atoms with E-state index in [1.807, 2.05) is 30.3 Å². The predicted octanol–water partition coefficient (Wildman–Crippen LogP) is 2.29. The molecule has 0 atom stereocenters. The molecule has 0 radical (unpaired) electrons. The normalized spacial score (nSPS) is 12.0. The molecule has 5 nitrogen and oxygen atoms in total. The van der Waals surface area contributed by atoms with E-state index < -0.39 is 10.0 Å². The maximum Gasteiger partial charge on any atom is 0.254 e. The molecule has 0 unspecified atom stereocenters. The summed E-state index contributed by atoms with van der Waals surface area (Å²) in [6.45, 7) is 1.57. The summed E-state index contributed by atoms with van der Waals surface area (Å²) in [5.41, 5.74) is 1.23. The number of hydrogen-bond acceptors (Lipinski definition) is 5. The SMILES string of the molecule is Cc1nc(Cl)sc1S(=O)(=O)N(CCO)Cc1ccccc1. The lowest BCUT2D eigenvalue weighted by molar-refractivity contribution is 0.251. The highest BCUT2D eigenvalue weighted by molar-refractivity contribution is 7.91. The average Bonchev–Trinajstić information content (AvgIpc) is 2.79. The summed E-state index contributed by atoms with van der Waals surface area (Å²) in [5.74, 6) is 0. The van der Waals surface area contributed by atoms with Crippen LogP contribution in [0.3, 0.4) is 0 Å². The molecule has 114 valence electrons. The van der Waals surface area contributed by atoms with Crippen LogP contribution in [0, 0.1) is 6.92 Å². The molecule has 21 heavy (non-hydrogen) atoms. The zero-order valence-electron chi connectivity index (χ0n) is 11.4.